The van der Waals surface area contributed by atoms with Crippen molar-refractivity contribution in [3.05, 3.63) is 53.9 Å². The van der Waals surface area contributed by atoms with Gasteiger partial charge in [0.1, 0.15) is 11.9 Å². The molecule has 158 valence electrons. The van der Waals surface area contributed by atoms with Crippen molar-refractivity contribution in [1.82, 2.24) is 25.5 Å². The third-order valence-corrected chi connectivity index (χ3v) is 5.53. The molecule has 1 fully saturated rings. The fourth-order valence-electron chi connectivity index (χ4n) is 2.85. The largest absolute Gasteiger partial charge is 0.382 e. The summed E-state index contributed by atoms with van der Waals surface area (Å²) in [5.74, 6) is 3.65. The Balaban J connectivity index is 1.52. The molecule has 1 saturated heterocycles. The summed E-state index contributed by atoms with van der Waals surface area (Å²) in [5, 5.41) is 23.3. The number of carbonyl (C=O) groups is 1. The molecular weight excluding hydrogens is 412 g/mol. The van der Waals surface area contributed by atoms with Gasteiger partial charge in [0.15, 0.2) is 0 Å². The van der Waals surface area contributed by atoms with E-state index < -0.39 is 18.1 Å². The Labute approximate surface area is 176 Å². The molecule has 1 aromatic carbocycles. The van der Waals surface area contributed by atoms with E-state index in [-0.39, 0.29) is 17.3 Å². The lowest BCUT2D eigenvalue weighted by atomic mass is 10.0. The molecule has 2 aromatic rings. The number of hydrogen-bond donors (Lipinski definition) is 2. The topological polar surface area (TPSA) is 95.0 Å². The standard InChI is InChI=1S/C20H21F2N5O2S/c21-20(22,15-8-4-3-5-9-15)17(28)12-11-16-14-30-19(29)27(16)13-7-2-1-6-10-18-23-25-26-24-18/h3-5,8-9,11-12,16-17,28H,1,6,10,13-14H2,(H,23,24,25,26). The number of thioether (sulfide) groups is 1. The zero-order chi connectivity index (χ0) is 21.4. The van der Waals surface area contributed by atoms with Crippen LogP contribution in [0, 0.1) is 11.8 Å². The number of carbonyl (C=O) groups excluding carboxylic acids is 1. The van der Waals surface area contributed by atoms with Crippen molar-refractivity contribution in [2.75, 3.05) is 12.3 Å². The van der Waals surface area contributed by atoms with Crippen molar-refractivity contribution in [2.45, 2.75) is 37.3 Å². The molecule has 7 nitrogen and oxygen atoms in total. The highest BCUT2D eigenvalue weighted by Gasteiger charge is 2.39. The first-order valence-corrected chi connectivity index (χ1v) is 10.4. The number of rotatable bonds is 8. The summed E-state index contributed by atoms with van der Waals surface area (Å²) in [6, 6.07) is 6.77. The van der Waals surface area contributed by atoms with Gasteiger partial charge in [0.05, 0.1) is 12.6 Å². The average molecular weight is 433 g/mol. The molecule has 0 radical (unpaired) electrons. The van der Waals surface area contributed by atoms with Gasteiger partial charge < -0.3 is 10.0 Å². The maximum Gasteiger partial charge on any atom is 0.302 e. The van der Waals surface area contributed by atoms with Gasteiger partial charge in [-0.2, -0.15) is 8.78 Å². The number of halogens is 2. The van der Waals surface area contributed by atoms with Gasteiger partial charge in [-0.25, -0.2) is 5.10 Å². The third kappa shape index (κ3) is 5.64. The minimum absolute atomic E-state index is 0.156. The SMILES string of the molecule is O=C1SCC(C=CC(O)C(F)(F)c2ccccc2)N1CC#CCCCc1nnn[nH]1. The highest BCUT2D eigenvalue weighted by atomic mass is 32.2. The van der Waals surface area contributed by atoms with Gasteiger partial charge in [-0.1, -0.05) is 60.2 Å². The van der Waals surface area contributed by atoms with E-state index in [9.17, 15) is 18.7 Å². The normalized spacial score (nSPS) is 17.9. The second-order valence-electron chi connectivity index (χ2n) is 6.65. The molecule has 0 saturated carbocycles. The number of aliphatic hydroxyl groups is 1. The van der Waals surface area contributed by atoms with Crippen molar-refractivity contribution in [1.29, 1.82) is 0 Å². The van der Waals surface area contributed by atoms with Gasteiger partial charge >= 0.3 is 5.92 Å². The fourth-order valence-corrected chi connectivity index (χ4v) is 3.82. The van der Waals surface area contributed by atoms with Gasteiger partial charge in [-0.05, 0) is 16.8 Å². The molecule has 1 aliphatic heterocycles. The lowest BCUT2D eigenvalue weighted by Gasteiger charge is -2.22. The number of tetrazole rings is 1. The molecular formula is C20H21F2N5O2S. The van der Waals surface area contributed by atoms with Crippen LogP contribution in [0.1, 0.15) is 24.2 Å². The second kappa shape index (κ2) is 10.3. The Bertz CT molecular complexity index is 912. The number of amides is 1. The number of aliphatic hydroxyl groups excluding tert-OH is 1. The number of unbranched alkanes of at least 4 members (excludes halogenated alkanes) is 1. The molecule has 2 unspecified atom stereocenters. The van der Waals surface area contributed by atoms with E-state index in [1.54, 1.807) is 6.07 Å². The molecule has 30 heavy (non-hydrogen) atoms. The Kier molecular flexibility index (Phi) is 7.54. The van der Waals surface area contributed by atoms with Crippen LogP contribution in [0.25, 0.3) is 0 Å². The monoisotopic (exact) mass is 433 g/mol. The number of nitrogens with zero attached hydrogens (tertiary/aromatic N) is 4. The molecule has 1 amide bonds. The average Bonchev–Trinajstić information content (AvgIpc) is 3.39. The van der Waals surface area contributed by atoms with Crippen molar-refractivity contribution < 1.29 is 18.7 Å². The number of H-pyrrole nitrogens is 1. The number of benzene rings is 1. The lowest BCUT2D eigenvalue weighted by molar-refractivity contribution is -0.0929. The summed E-state index contributed by atoms with van der Waals surface area (Å²) < 4.78 is 28.8. The predicted molar refractivity (Wildman–Crippen MR) is 109 cm³/mol. The number of hydrogen-bond acceptors (Lipinski definition) is 6. The summed E-state index contributed by atoms with van der Waals surface area (Å²) in [6.45, 7) is 0.204. The molecule has 1 aromatic heterocycles. The first kappa shape index (κ1) is 21.9. The smallest absolute Gasteiger partial charge is 0.302 e. The van der Waals surface area contributed by atoms with Crippen LogP contribution in [-0.4, -0.2) is 60.3 Å². The zero-order valence-electron chi connectivity index (χ0n) is 16.0. The molecule has 2 atom stereocenters. The van der Waals surface area contributed by atoms with Crippen LogP contribution in [0.5, 0.6) is 0 Å². The molecule has 0 bridgehead atoms. The van der Waals surface area contributed by atoms with Crippen molar-refractivity contribution in [2.24, 2.45) is 0 Å². The summed E-state index contributed by atoms with van der Waals surface area (Å²) in [6.07, 6.45) is 2.61. The maximum atomic E-state index is 14.4. The lowest BCUT2D eigenvalue weighted by Crippen LogP contribution is -2.33. The van der Waals surface area contributed by atoms with Gasteiger partial charge in [-0.3, -0.25) is 4.79 Å². The zero-order valence-corrected chi connectivity index (χ0v) is 16.9. The van der Waals surface area contributed by atoms with Crippen molar-refractivity contribution in [3.63, 3.8) is 0 Å². The quantitative estimate of drug-likeness (QED) is 0.378. The number of aromatic amines is 1. The molecule has 10 heteroatoms. The fraction of sp³-hybridized carbons (Fsp3) is 0.400. The summed E-state index contributed by atoms with van der Waals surface area (Å²) in [5.41, 5.74) is -0.261. The Hall–Kier alpha value is -2.77. The minimum Gasteiger partial charge on any atom is -0.382 e. The highest BCUT2D eigenvalue weighted by molar-refractivity contribution is 8.13. The molecule has 2 N–H and O–H groups in total. The van der Waals surface area contributed by atoms with Crippen LogP contribution in [0.4, 0.5) is 13.6 Å². The number of nitrogens with one attached hydrogen (secondary N) is 1. The number of aromatic nitrogens is 4. The molecule has 2 heterocycles. The van der Waals surface area contributed by atoms with Crippen LogP contribution in [-0.2, 0) is 12.3 Å². The third-order valence-electron chi connectivity index (χ3n) is 4.54. The number of alkyl halides is 2. The van der Waals surface area contributed by atoms with Gasteiger partial charge in [0.2, 0.25) is 0 Å². The predicted octanol–water partition coefficient (Wildman–Crippen LogP) is 2.77. The van der Waals surface area contributed by atoms with Gasteiger partial charge in [-0.15, -0.1) is 11.0 Å². The van der Waals surface area contributed by atoms with Gasteiger partial charge in [0, 0.05) is 24.2 Å². The maximum absolute atomic E-state index is 14.4. The van der Waals surface area contributed by atoms with E-state index in [1.165, 1.54) is 35.2 Å². The van der Waals surface area contributed by atoms with Gasteiger partial charge in [0.25, 0.3) is 5.24 Å². The first-order valence-electron chi connectivity index (χ1n) is 9.40. The van der Waals surface area contributed by atoms with E-state index in [0.717, 1.165) is 24.3 Å². The molecule has 3 rings (SSSR count). The van der Waals surface area contributed by atoms with Crippen LogP contribution in [0.2, 0.25) is 0 Å². The highest BCUT2D eigenvalue weighted by Crippen LogP contribution is 2.33. The minimum atomic E-state index is -3.42. The van der Waals surface area contributed by atoms with E-state index >= 15 is 0 Å². The Morgan fingerprint density at radius 3 is 2.90 bits per heavy atom. The van der Waals surface area contributed by atoms with Crippen molar-refractivity contribution >= 4 is 17.0 Å². The summed E-state index contributed by atoms with van der Waals surface area (Å²) in [4.78, 5) is 13.6. The van der Waals surface area contributed by atoms with Crippen LogP contribution >= 0.6 is 11.8 Å². The van der Waals surface area contributed by atoms with Crippen LogP contribution in [0.15, 0.2) is 42.5 Å². The summed E-state index contributed by atoms with van der Waals surface area (Å²) in [7, 11) is 0. The Morgan fingerprint density at radius 2 is 2.17 bits per heavy atom. The summed E-state index contributed by atoms with van der Waals surface area (Å²) >= 11 is 1.11. The molecule has 0 spiro atoms. The Morgan fingerprint density at radius 1 is 1.37 bits per heavy atom. The van der Waals surface area contributed by atoms with Crippen LogP contribution in [0.3, 0.4) is 0 Å². The molecule has 0 aliphatic carbocycles. The first-order chi connectivity index (χ1) is 14.5. The van der Waals surface area contributed by atoms with E-state index in [2.05, 4.69) is 32.5 Å². The van der Waals surface area contributed by atoms with E-state index in [0.29, 0.717) is 24.4 Å². The molecule has 1 aliphatic rings. The van der Waals surface area contributed by atoms with Crippen molar-refractivity contribution in [3.8, 4) is 11.8 Å². The second-order valence-corrected chi connectivity index (χ2v) is 7.62. The van der Waals surface area contributed by atoms with E-state index in [1.807, 2.05) is 0 Å². The van der Waals surface area contributed by atoms with E-state index in [4.69, 9.17) is 0 Å². The van der Waals surface area contributed by atoms with Crippen LogP contribution < -0.4 is 0 Å². The number of aryl methyl sites for hydroxylation is 1.